The topological polar surface area (TPSA) is 143 Å². The van der Waals surface area contributed by atoms with Crippen molar-refractivity contribution in [2.75, 3.05) is 13.7 Å². The summed E-state index contributed by atoms with van der Waals surface area (Å²) in [6, 6.07) is 11.2. The minimum atomic E-state index is -4.22. The number of benzene rings is 2. The number of nitrogens with one attached hydrogen (secondary N) is 3. The summed E-state index contributed by atoms with van der Waals surface area (Å²) in [6.07, 6.45) is 0.115. The van der Waals surface area contributed by atoms with Crippen molar-refractivity contribution in [3.63, 3.8) is 0 Å². The van der Waals surface area contributed by atoms with E-state index in [-0.39, 0.29) is 17.9 Å². The fourth-order valence-electron chi connectivity index (χ4n) is 2.85. The average molecular weight is 536 g/mol. The number of carbonyl (C=O) groups is 2. The molecule has 4 N–H and O–H groups in total. The van der Waals surface area contributed by atoms with Crippen LogP contribution in [0.2, 0.25) is 0 Å². The number of hydrogen-bond donors (Lipinski definition) is 4. The molecule has 0 bridgehead atoms. The monoisotopic (exact) mass is 535 g/mol. The van der Waals surface area contributed by atoms with E-state index in [0.717, 1.165) is 17.3 Å². The maximum atomic E-state index is 13.1. The third-order valence-electron chi connectivity index (χ3n) is 4.81. The molecule has 194 valence electrons. The first-order valence-electron chi connectivity index (χ1n) is 10.9. The lowest BCUT2D eigenvalue weighted by molar-refractivity contribution is -0.131. The highest BCUT2D eigenvalue weighted by Crippen LogP contribution is 2.23. The van der Waals surface area contributed by atoms with Crippen molar-refractivity contribution < 1.29 is 32.7 Å². The Bertz CT molecular complexity index is 1170. The number of hydrogen-bond acceptors (Lipinski definition) is 8. The van der Waals surface area contributed by atoms with Crippen LogP contribution in [0.15, 0.2) is 53.4 Å². The van der Waals surface area contributed by atoms with E-state index in [4.69, 9.17) is 9.47 Å². The standard InChI is InChI=1S/C24H29N3O7S2/c1-4-6-15-34-19-11-13-20(14-12-19)36(31,32)27-22(23(29)26-30)24(25-21(28)5-2)35-16-17-7-9-18(33-3)10-8-17/h7-14,22,24,27,30H,5,15-16H2,1-3H3,(H,25,28)(H,26,29). The molecular weight excluding hydrogens is 506 g/mol. The second kappa shape index (κ2) is 14.4. The molecular formula is C24H29N3O7S2. The van der Waals surface area contributed by atoms with Crippen LogP contribution in [0.25, 0.3) is 0 Å². The van der Waals surface area contributed by atoms with Gasteiger partial charge in [0.1, 0.15) is 29.5 Å². The molecule has 2 unspecified atom stereocenters. The molecule has 2 rings (SSSR count). The predicted octanol–water partition coefficient (Wildman–Crippen LogP) is 2.04. The van der Waals surface area contributed by atoms with Crippen molar-refractivity contribution in [2.24, 2.45) is 0 Å². The zero-order valence-electron chi connectivity index (χ0n) is 20.1. The molecule has 2 aromatic rings. The number of ether oxygens (including phenoxy) is 2. The van der Waals surface area contributed by atoms with E-state index < -0.39 is 33.3 Å². The molecule has 2 amide bonds. The summed E-state index contributed by atoms with van der Waals surface area (Å²) in [5.74, 6) is 5.42. The van der Waals surface area contributed by atoms with Crippen LogP contribution in [-0.4, -0.2) is 50.6 Å². The third-order valence-corrected chi connectivity index (χ3v) is 7.52. The fourth-order valence-corrected chi connectivity index (χ4v) is 5.31. The molecule has 0 heterocycles. The van der Waals surface area contributed by atoms with Crippen molar-refractivity contribution in [3.8, 4) is 23.3 Å². The molecule has 10 nitrogen and oxygen atoms in total. The fraction of sp³-hybridized carbons (Fsp3) is 0.333. The SMILES string of the molecule is CC#CCOc1ccc(S(=O)(=O)NC(C(=O)NO)C(NC(=O)CC)SCc2ccc(OC)cc2)cc1. The molecule has 36 heavy (non-hydrogen) atoms. The lowest BCUT2D eigenvalue weighted by atomic mass is 10.2. The highest BCUT2D eigenvalue weighted by molar-refractivity contribution is 7.99. The zero-order chi connectivity index (χ0) is 26.6. The van der Waals surface area contributed by atoms with E-state index >= 15 is 0 Å². The summed E-state index contributed by atoms with van der Waals surface area (Å²) in [5.41, 5.74) is 2.33. The Balaban J connectivity index is 2.26. The molecule has 0 aliphatic rings. The average Bonchev–Trinajstić information content (AvgIpc) is 2.90. The number of methoxy groups -OCH3 is 1. The number of amides is 2. The van der Waals surface area contributed by atoms with Gasteiger partial charge < -0.3 is 14.8 Å². The van der Waals surface area contributed by atoms with Gasteiger partial charge in [0.2, 0.25) is 15.9 Å². The van der Waals surface area contributed by atoms with Crippen LogP contribution in [0, 0.1) is 11.8 Å². The summed E-state index contributed by atoms with van der Waals surface area (Å²) < 4.78 is 39.0. The van der Waals surface area contributed by atoms with Crippen LogP contribution < -0.4 is 25.0 Å². The quantitative estimate of drug-likeness (QED) is 0.132. The van der Waals surface area contributed by atoms with Gasteiger partial charge in [-0.2, -0.15) is 4.72 Å². The summed E-state index contributed by atoms with van der Waals surface area (Å²) in [4.78, 5) is 24.6. The molecule has 0 spiro atoms. The number of thioether (sulfide) groups is 1. The molecule has 0 saturated carbocycles. The molecule has 0 fully saturated rings. The maximum absolute atomic E-state index is 13.1. The van der Waals surface area contributed by atoms with Gasteiger partial charge in [-0.05, 0) is 48.9 Å². The molecule has 0 radical (unpaired) electrons. The van der Waals surface area contributed by atoms with Crippen molar-refractivity contribution in [1.29, 1.82) is 0 Å². The highest BCUT2D eigenvalue weighted by Gasteiger charge is 2.34. The van der Waals surface area contributed by atoms with Gasteiger partial charge in [0, 0.05) is 12.2 Å². The van der Waals surface area contributed by atoms with E-state index in [1.165, 1.54) is 29.7 Å². The largest absolute Gasteiger partial charge is 0.497 e. The summed E-state index contributed by atoms with van der Waals surface area (Å²) >= 11 is 1.13. The van der Waals surface area contributed by atoms with E-state index in [1.54, 1.807) is 33.1 Å². The normalized spacial score (nSPS) is 12.4. The van der Waals surface area contributed by atoms with Gasteiger partial charge >= 0.3 is 0 Å². The molecule has 2 aromatic carbocycles. The van der Waals surface area contributed by atoms with Crippen LogP contribution in [0.5, 0.6) is 11.5 Å². The van der Waals surface area contributed by atoms with E-state index in [2.05, 4.69) is 21.9 Å². The molecule has 12 heteroatoms. The van der Waals surface area contributed by atoms with Crippen LogP contribution in [0.3, 0.4) is 0 Å². The molecule has 0 aromatic heterocycles. The number of hydroxylamine groups is 1. The van der Waals surface area contributed by atoms with Crippen LogP contribution in [0.4, 0.5) is 0 Å². The summed E-state index contributed by atoms with van der Waals surface area (Å²) in [7, 11) is -2.68. The first-order chi connectivity index (χ1) is 17.2. The summed E-state index contributed by atoms with van der Waals surface area (Å²) in [6.45, 7) is 3.46. The van der Waals surface area contributed by atoms with E-state index in [1.807, 2.05) is 12.1 Å². The zero-order valence-corrected chi connectivity index (χ0v) is 21.7. The van der Waals surface area contributed by atoms with Crippen molar-refractivity contribution >= 4 is 33.6 Å². The van der Waals surface area contributed by atoms with Gasteiger partial charge in [-0.3, -0.25) is 14.8 Å². The minimum Gasteiger partial charge on any atom is -0.497 e. The highest BCUT2D eigenvalue weighted by atomic mass is 32.2. The Morgan fingerprint density at radius 2 is 1.72 bits per heavy atom. The molecule has 0 aliphatic heterocycles. The van der Waals surface area contributed by atoms with Gasteiger partial charge in [0.15, 0.2) is 0 Å². The first kappa shape index (κ1) is 29.0. The van der Waals surface area contributed by atoms with Crippen LogP contribution in [0.1, 0.15) is 25.8 Å². The van der Waals surface area contributed by atoms with Crippen LogP contribution >= 0.6 is 11.8 Å². The summed E-state index contributed by atoms with van der Waals surface area (Å²) in [5, 5.41) is 10.9. The number of rotatable bonds is 13. The van der Waals surface area contributed by atoms with Crippen molar-refractivity contribution in [1.82, 2.24) is 15.5 Å². The molecule has 0 saturated heterocycles. The second-order valence-electron chi connectivity index (χ2n) is 7.26. The number of sulfonamides is 1. The lowest BCUT2D eigenvalue weighted by Crippen LogP contribution is -2.56. The van der Waals surface area contributed by atoms with Gasteiger partial charge in [-0.1, -0.05) is 25.0 Å². The van der Waals surface area contributed by atoms with E-state index in [0.29, 0.717) is 17.3 Å². The smallest absolute Gasteiger partial charge is 0.264 e. The van der Waals surface area contributed by atoms with Gasteiger partial charge in [0.25, 0.3) is 5.91 Å². The van der Waals surface area contributed by atoms with E-state index in [9.17, 15) is 23.2 Å². The third kappa shape index (κ3) is 8.76. The lowest BCUT2D eigenvalue weighted by Gasteiger charge is -2.27. The second-order valence-corrected chi connectivity index (χ2v) is 10.1. The van der Waals surface area contributed by atoms with Gasteiger partial charge in [0.05, 0.1) is 12.0 Å². The van der Waals surface area contributed by atoms with Crippen molar-refractivity contribution in [2.45, 2.75) is 42.3 Å². The van der Waals surface area contributed by atoms with Gasteiger partial charge in [-0.15, -0.1) is 17.7 Å². The van der Waals surface area contributed by atoms with Gasteiger partial charge in [-0.25, -0.2) is 13.9 Å². The Hall–Kier alpha value is -3.24. The first-order valence-corrected chi connectivity index (χ1v) is 13.4. The predicted molar refractivity (Wildman–Crippen MR) is 136 cm³/mol. The Morgan fingerprint density at radius 3 is 2.28 bits per heavy atom. The number of carbonyl (C=O) groups excluding carboxylic acids is 2. The molecule has 0 aliphatic carbocycles. The Morgan fingerprint density at radius 1 is 1.08 bits per heavy atom. The Labute approximate surface area is 215 Å². The Kier molecular flexibility index (Phi) is 11.6. The minimum absolute atomic E-state index is 0.115. The van der Waals surface area contributed by atoms with Crippen molar-refractivity contribution in [3.05, 3.63) is 54.1 Å². The van der Waals surface area contributed by atoms with Crippen LogP contribution in [-0.2, 0) is 25.4 Å². The molecule has 2 atom stereocenters. The maximum Gasteiger partial charge on any atom is 0.264 e.